The molecule has 1 aromatic carbocycles. The van der Waals surface area contributed by atoms with Gasteiger partial charge in [0.25, 0.3) is 8.32 Å². The van der Waals surface area contributed by atoms with Crippen molar-refractivity contribution in [1.29, 1.82) is 0 Å². The molecular weight excluding hydrogens is 671 g/mol. The quantitative estimate of drug-likeness (QED) is 0.181. The Morgan fingerprint density at radius 2 is 1.67 bits per heavy atom. The lowest BCUT2D eigenvalue weighted by Crippen LogP contribution is -2.44. The lowest BCUT2D eigenvalue weighted by molar-refractivity contribution is -0.152. The Hall–Kier alpha value is -2.74. The predicted octanol–water partition coefficient (Wildman–Crippen LogP) is 8.00. The molecule has 3 heterocycles. The fourth-order valence-corrected chi connectivity index (χ4v) is 6.87. The average Bonchev–Trinajstić information content (AvgIpc) is 3.48. The van der Waals surface area contributed by atoms with Crippen molar-refractivity contribution in [3.8, 4) is 5.75 Å². The van der Waals surface area contributed by atoms with Crippen molar-refractivity contribution in [2.24, 2.45) is 5.92 Å². The lowest BCUT2D eigenvalue weighted by Gasteiger charge is -2.37. The van der Waals surface area contributed by atoms with Crippen LogP contribution in [0.1, 0.15) is 105 Å². The highest BCUT2D eigenvalue weighted by atomic mass is 28.4. The zero-order valence-corrected chi connectivity index (χ0v) is 34.1. The first-order valence-electron chi connectivity index (χ1n) is 18.1. The number of esters is 1. The lowest BCUT2D eigenvalue weighted by atomic mass is 9.98. The van der Waals surface area contributed by atoms with Crippen molar-refractivity contribution in [2.75, 3.05) is 18.1 Å². The first-order chi connectivity index (χ1) is 23.3. The zero-order chi connectivity index (χ0) is 38.3. The molecule has 12 heteroatoms. The molecule has 11 nitrogen and oxygen atoms in total. The van der Waals surface area contributed by atoms with Crippen LogP contribution in [0.2, 0.25) is 18.1 Å². The maximum absolute atomic E-state index is 14.3. The summed E-state index contributed by atoms with van der Waals surface area (Å²) in [5.41, 5.74) is 0.430. The molecule has 1 amide bonds. The number of hydrogen-bond acceptors (Lipinski definition) is 10. The Labute approximate surface area is 305 Å². The third-order valence-corrected chi connectivity index (χ3v) is 14.1. The highest BCUT2D eigenvalue weighted by Crippen LogP contribution is 2.42. The SMILES string of the molecule is C[C@@H]1C=C[C@@H](O)[C@H]2OC(C)(C)O[C@H]2CC=Cc2cc(N(CC3COC(C)(C)O3)C(=O)OC(C)(C)C)cc(O[Si](C)(C)C(C)(C)C)c2C(=O)O[C@H]1C. The Balaban J connectivity index is 1.93. The number of benzene rings is 1. The van der Waals surface area contributed by atoms with Gasteiger partial charge in [-0.05, 0) is 91.6 Å². The molecule has 1 unspecified atom stereocenters. The summed E-state index contributed by atoms with van der Waals surface area (Å²) < 4.78 is 43.3. The smallest absolute Gasteiger partial charge is 0.414 e. The fraction of sp³-hybridized carbons (Fsp3) is 0.692. The molecule has 0 radical (unpaired) electrons. The fourth-order valence-electron chi connectivity index (χ4n) is 5.85. The van der Waals surface area contributed by atoms with Gasteiger partial charge >= 0.3 is 12.1 Å². The number of nitrogens with zero attached hydrogens (tertiary/aromatic N) is 1. The van der Waals surface area contributed by atoms with E-state index in [4.69, 9.17) is 32.8 Å². The highest BCUT2D eigenvalue weighted by Gasteiger charge is 2.44. The van der Waals surface area contributed by atoms with E-state index in [-0.39, 0.29) is 29.7 Å². The molecule has 0 bridgehead atoms. The van der Waals surface area contributed by atoms with Crippen molar-refractivity contribution in [1.82, 2.24) is 0 Å². The van der Waals surface area contributed by atoms with Gasteiger partial charge in [0.2, 0.25) is 0 Å². The summed E-state index contributed by atoms with van der Waals surface area (Å²) in [6, 6.07) is 3.51. The Morgan fingerprint density at radius 3 is 2.25 bits per heavy atom. The van der Waals surface area contributed by atoms with Crippen LogP contribution in [0, 0.1) is 5.92 Å². The van der Waals surface area contributed by atoms with E-state index < -0.39 is 68.1 Å². The summed E-state index contributed by atoms with van der Waals surface area (Å²) in [4.78, 5) is 29.8. The molecule has 4 rings (SSSR count). The number of carbonyl (C=O) groups is 2. The Bertz CT molecular complexity index is 1490. The number of rotatable bonds is 5. The van der Waals surface area contributed by atoms with Crippen LogP contribution in [0.4, 0.5) is 10.5 Å². The van der Waals surface area contributed by atoms with Gasteiger partial charge in [-0.1, -0.05) is 52.0 Å². The van der Waals surface area contributed by atoms with E-state index in [2.05, 4.69) is 33.9 Å². The number of ether oxygens (including phenoxy) is 6. The second kappa shape index (κ2) is 14.9. The third kappa shape index (κ3) is 10.4. The molecule has 3 aliphatic heterocycles. The van der Waals surface area contributed by atoms with Gasteiger partial charge in [0, 0.05) is 12.0 Å². The van der Waals surface area contributed by atoms with Crippen LogP contribution >= 0.6 is 0 Å². The Morgan fingerprint density at radius 1 is 1.00 bits per heavy atom. The second-order valence-corrected chi connectivity index (χ2v) is 22.2. The summed E-state index contributed by atoms with van der Waals surface area (Å²) in [5, 5.41) is 10.9. The van der Waals surface area contributed by atoms with Crippen LogP contribution < -0.4 is 9.33 Å². The maximum atomic E-state index is 14.3. The van der Waals surface area contributed by atoms with Crippen LogP contribution in [0.3, 0.4) is 0 Å². The molecule has 0 aromatic heterocycles. The molecule has 2 fully saturated rings. The summed E-state index contributed by atoms with van der Waals surface area (Å²) in [6.45, 7) is 27.5. The topological polar surface area (TPSA) is 122 Å². The minimum Gasteiger partial charge on any atom is -0.543 e. The van der Waals surface area contributed by atoms with Crippen LogP contribution in [-0.2, 0) is 28.4 Å². The summed E-state index contributed by atoms with van der Waals surface area (Å²) in [6.07, 6.45) is 4.03. The van der Waals surface area contributed by atoms with Gasteiger partial charge in [0.1, 0.15) is 41.3 Å². The van der Waals surface area contributed by atoms with Crippen molar-refractivity contribution in [3.63, 3.8) is 0 Å². The third-order valence-electron chi connectivity index (χ3n) is 9.74. The standard InChI is InChI=1S/C39H61NO10Si/c1-24-18-19-29(41)33-30(47-39(11,12)48-33)17-15-16-26-20-27(40(35(43)49-36(3,4)5)22-28-23-44-38(9,10)46-28)21-31(32(26)34(42)45-25(24)2)50-51(13,14)37(6,7)8/h15-16,18-21,24-25,28-30,33,41H,17,22-23H2,1-14H3/t24-,25+,28?,29-,30+,33-/m1/s1. The maximum Gasteiger partial charge on any atom is 0.414 e. The van der Waals surface area contributed by atoms with Crippen molar-refractivity contribution in [3.05, 3.63) is 41.5 Å². The number of aliphatic hydroxyl groups excluding tert-OH is 1. The second-order valence-electron chi connectivity index (χ2n) is 17.4. The normalized spacial score (nSPS) is 28.3. The number of hydrogen-bond donors (Lipinski definition) is 1. The van der Waals surface area contributed by atoms with Crippen molar-refractivity contribution in [2.45, 2.75) is 155 Å². The van der Waals surface area contributed by atoms with Crippen LogP contribution in [0.15, 0.2) is 30.4 Å². The average molecular weight is 732 g/mol. The summed E-state index contributed by atoms with van der Waals surface area (Å²) in [5.74, 6) is -2.17. The minimum absolute atomic E-state index is 0.133. The summed E-state index contributed by atoms with van der Waals surface area (Å²) in [7, 11) is -2.56. The van der Waals surface area contributed by atoms with Crippen molar-refractivity contribution < 1.29 is 47.5 Å². The van der Waals surface area contributed by atoms with E-state index in [1.54, 1.807) is 18.2 Å². The van der Waals surface area contributed by atoms with Gasteiger partial charge < -0.3 is 38.0 Å². The number of carbonyl (C=O) groups excluding carboxylic acids is 2. The molecule has 6 atom stereocenters. The largest absolute Gasteiger partial charge is 0.543 e. The molecule has 0 spiro atoms. The van der Waals surface area contributed by atoms with E-state index in [1.165, 1.54) is 4.90 Å². The molecule has 0 aliphatic carbocycles. The summed E-state index contributed by atoms with van der Waals surface area (Å²) >= 11 is 0. The molecule has 0 saturated carbocycles. The van der Waals surface area contributed by atoms with Crippen LogP contribution in [0.25, 0.3) is 6.08 Å². The highest BCUT2D eigenvalue weighted by molar-refractivity contribution is 6.74. The predicted molar refractivity (Wildman–Crippen MR) is 199 cm³/mol. The monoisotopic (exact) mass is 731 g/mol. The first kappa shape index (κ1) is 41.0. The zero-order valence-electron chi connectivity index (χ0n) is 33.1. The molecule has 1 N–H and O–H groups in total. The number of cyclic esters (lactones) is 1. The van der Waals surface area contributed by atoms with Gasteiger partial charge in [0.05, 0.1) is 24.9 Å². The van der Waals surface area contributed by atoms with E-state index >= 15 is 0 Å². The Kier molecular flexibility index (Phi) is 12.0. The molecule has 1 aromatic rings. The molecule has 2 saturated heterocycles. The number of aliphatic hydroxyl groups is 1. The van der Waals surface area contributed by atoms with Gasteiger partial charge in [0.15, 0.2) is 11.6 Å². The number of fused-ring (bicyclic) bond motifs is 2. The van der Waals surface area contributed by atoms with Gasteiger partial charge in [-0.3, -0.25) is 4.90 Å². The van der Waals surface area contributed by atoms with E-state index in [0.29, 0.717) is 23.4 Å². The number of anilines is 1. The minimum atomic E-state index is -2.56. The van der Waals surface area contributed by atoms with Gasteiger partial charge in [-0.15, -0.1) is 0 Å². The molecule has 3 aliphatic rings. The molecular formula is C39H61NO10Si. The molecule has 51 heavy (non-hydrogen) atoms. The van der Waals surface area contributed by atoms with Crippen molar-refractivity contribution >= 4 is 32.1 Å². The van der Waals surface area contributed by atoms with E-state index in [9.17, 15) is 14.7 Å². The number of amides is 1. The van der Waals surface area contributed by atoms with Crippen LogP contribution in [0.5, 0.6) is 5.75 Å². The van der Waals surface area contributed by atoms with Gasteiger partial charge in [-0.2, -0.15) is 0 Å². The van der Waals surface area contributed by atoms with Gasteiger partial charge in [-0.25, -0.2) is 9.59 Å². The van der Waals surface area contributed by atoms with Crippen LogP contribution in [-0.4, -0.2) is 86.3 Å². The van der Waals surface area contributed by atoms with E-state index in [0.717, 1.165) is 0 Å². The first-order valence-corrected chi connectivity index (χ1v) is 21.0. The molecule has 286 valence electrons. The van der Waals surface area contributed by atoms with E-state index in [1.807, 2.05) is 80.5 Å².